The van der Waals surface area contributed by atoms with Crippen molar-refractivity contribution in [3.63, 3.8) is 0 Å². The number of aryl methyl sites for hydroxylation is 1. The molecule has 0 radical (unpaired) electrons. The maximum atomic E-state index is 6.09. The molecule has 0 fully saturated rings. The number of nitrogens with zero attached hydrogens (tertiary/aromatic N) is 2. The Morgan fingerprint density at radius 1 is 1.22 bits per heavy atom. The molecule has 2 atom stereocenters. The van der Waals surface area contributed by atoms with Crippen LogP contribution in [0.3, 0.4) is 0 Å². The molecule has 0 bridgehead atoms. The standard InChI is InChI=1S/C14H19N3O/c1-10-8-9-17(16-10)14(11(2)15)12-4-6-13(18-3)7-5-12/h4-9,11,14H,15H2,1-3H3. The lowest BCUT2D eigenvalue weighted by Gasteiger charge is -2.22. The lowest BCUT2D eigenvalue weighted by atomic mass is 10.0. The van der Waals surface area contributed by atoms with E-state index < -0.39 is 0 Å². The number of aromatic nitrogens is 2. The maximum absolute atomic E-state index is 6.09. The van der Waals surface area contributed by atoms with Crippen molar-refractivity contribution >= 4 is 0 Å². The minimum Gasteiger partial charge on any atom is -0.497 e. The van der Waals surface area contributed by atoms with Gasteiger partial charge in [-0.3, -0.25) is 4.68 Å². The first-order chi connectivity index (χ1) is 8.61. The van der Waals surface area contributed by atoms with Gasteiger partial charge in [-0.05, 0) is 37.6 Å². The number of hydrogen-bond donors (Lipinski definition) is 1. The van der Waals surface area contributed by atoms with Gasteiger partial charge in [-0.1, -0.05) is 12.1 Å². The Bertz CT molecular complexity index is 502. The summed E-state index contributed by atoms with van der Waals surface area (Å²) in [6.07, 6.45) is 1.97. The number of benzene rings is 1. The summed E-state index contributed by atoms with van der Waals surface area (Å²) in [6, 6.07) is 9.97. The molecule has 2 rings (SSSR count). The molecule has 0 amide bonds. The fraction of sp³-hybridized carbons (Fsp3) is 0.357. The molecule has 96 valence electrons. The molecule has 0 aliphatic rings. The van der Waals surface area contributed by atoms with Crippen LogP contribution in [0.1, 0.15) is 24.2 Å². The van der Waals surface area contributed by atoms with E-state index in [0.717, 1.165) is 17.0 Å². The largest absolute Gasteiger partial charge is 0.497 e. The average Bonchev–Trinajstić information content (AvgIpc) is 2.76. The van der Waals surface area contributed by atoms with Gasteiger partial charge in [0, 0.05) is 12.2 Å². The van der Waals surface area contributed by atoms with Gasteiger partial charge in [0.15, 0.2) is 0 Å². The Kier molecular flexibility index (Phi) is 3.67. The first-order valence-electron chi connectivity index (χ1n) is 6.03. The van der Waals surface area contributed by atoms with Crippen molar-refractivity contribution in [2.24, 2.45) is 5.73 Å². The fourth-order valence-electron chi connectivity index (χ4n) is 2.09. The molecular weight excluding hydrogens is 226 g/mol. The molecule has 1 heterocycles. The Hall–Kier alpha value is -1.81. The SMILES string of the molecule is COc1ccc(C(C(C)N)n2ccc(C)n2)cc1. The van der Waals surface area contributed by atoms with Crippen LogP contribution in [-0.4, -0.2) is 22.9 Å². The Morgan fingerprint density at radius 2 is 1.89 bits per heavy atom. The third-order valence-corrected chi connectivity index (χ3v) is 2.98. The van der Waals surface area contributed by atoms with Gasteiger partial charge in [-0.2, -0.15) is 5.10 Å². The smallest absolute Gasteiger partial charge is 0.118 e. The van der Waals surface area contributed by atoms with Crippen molar-refractivity contribution in [3.05, 3.63) is 47.8 Å². The van der Waals surface area contributed by atoms with Gasteiger partial charge < -0.3 is 10.5 Å². The second-order valence-corrected chi connectivity index (χ2v) is 4.51. The lowest BCUT2D eigenvalue weighted by Crippen LogP contribution is -2.30. The molecule has 0 saturated heterocycles. The van der Waals surface area contributed by atoms with Crippen LogP contribution in [0.15, 0.2) is 36.5 Å². The first kappa shape index (κ1) is 12.6. The van der Waals surface area contributed by atoms with Gasteiger partial charge in [0.2, 0.25) is 0 Å². The van der Waals surface area contributed by atoms with Gasteiger partial charge in [0.05, 0.1) is 18.8 Å². The van der Waals surface area contributed by atoms with Crippen LogP contribution in [-0.2, 0) is 0 Å². The van der Waals surface area contributed by atoms with E-state index in [4.69, 9.17) is 10.5 Å². The third kappa shape index (κ3) is 2.54. The van der Waals surface area contributed by atoms with Crippen molar-refractivity contribution in [2.45, 2.75) is 25.9 Å². The Morgan fingerprint density at radius 3 is 2.33 bits per heavy atom. The topological polar surface area (TPSA) is 53.1 Å². The van der Waals surface area contributed by atoms with Gasteiger partial charge in [0.1, 0.15) is 5.75 Å². The number of methoxy groups -OCH3 is 1. The van der Waals surface area contributed by atoms with E-state index in [9.17, 15) is 0 Å². The maximum Gasteiger partial charge on any atom is 0.118 e. The Labute approximate surface area is 107 Å². The van der Waals surface area contributed by atoms with Crippen molar-refractivity contribution < 1.29 is 4.74 Å². The molecule has 0 spiro atoms. The number of ether oxygens (including phenoxy) is 1. The van der Waals surface area contributed by atoms with E-state index in [-0.39, 0.29) is 12.1 Å². The molecule has 1 aromatic carbocycles. The fourth-order valence-corrected chi connectivity index (χ4v) is 2.09. The summed E-state index contributed by atoms with van der Waals surface area (Å²) in [4.78, 5) is 0. The van der Waals surface area contributed by atoms with Crippen LogP contribution in [0.4, 0.5) is 0 Å². The Balaban J connectivity index is 2.35. The second kappa shape index (κ2) is 5.23. The number of hydrogen-bond acceptors (Lipinski definition) is 3. The van der Waals surface area contributed by atoms with Crippen LogP contribution in [0, 0.1) is 6.92 Å². The molecule has 0 aliphatic heterocycles. The molecule has 4 nitrogen and oxygen atoms in total. The third-order valence-electron chi connectivity index (χ3n) is 2.98. The van der Waals surface area contributed by atoms with E-state index in [1.54, 1.807) is 7.11 Å². The van der Waals surface area contributed by atoms with Crippen molar-refractivity contribution in [3.8, 4) is 5.75 Å². The van der Waals surface area contributed by atoms with Gasteiger partial charge in [0.25, 0.3) is 0 Å². The van der Waals surface area contributed by atoms with Crippen LogP contribution in [0.2, 0.25) is 0 Å². The van der Waals surface area contributed by atoms with Gasteiger partial charge in [-0.15, -0.1) is 0 Å². The highest BCUT2D eigenvalue weighted by Gasteiger charge is 2.18. The predicted octanol–water partition coefficient (Wildman–Crippen LogP) is 2.14. The summed E-state index contributed by atoms with van der Waals surface area (Å²) >= 11 is 0. The monoisotopic (exact) mass is 245 g/mol. The summed E-state index contributed by atoms with van der Waals surface area (Å²) in [5.41, 5.74) is 8.22. The van der Waals surface area contributed by atoms with Crippen molar-refractivity contribution in [2.75, 3.05) is 7.11 Å². The second-order valence-electron chi connectivity index (χ2n) is 4.51. The molecule has 1 aromatic heterocycles. The van der Waals surface area contributed by atoms with Crippen LogP contribution in [0.5, 0.6) is 5.75 Å². The quantitative estimate of drug-likeness (QED) is 0.897. The minimum atomic E-state index is -0.0160. The minimum absolute atomic E-state index is 0.0160. The molecule has 2 aromatic rings. The van der Waals surface area contributed by atoms with Crippen molar-refractivity contribution in [1.29, 1.82) is 0 Å². The number of rotatable bonds is 4. The highest BCUT2D eigenvalue weighted by Crippen LogP contribution is 2.23. The molecule has 0 aliphatic carbocycles. The molecular formula is C14H19N3O. The highest BCUT2D eigenvalue weighted by molar-refractivity contribution is 5.30. The normalized spacial score (nSPS) is 14.2. The van der Waals surface area contributed by atoms with Crippen LogP contribution >= 0.6 is 0 Å². The molecule has 2 unspecified atom stereocenters. The van der Waals surface area contributed by atoms with Crippen LogP contribution < -0.4 is 10.5 Å². The molecule has 18 heavy (non-hydrogen) atoms. The molecule has 0 saturated carbocycles. The number of nitrogens with two attached hydrogens (primary N) is 1. The van der Waals surface area contributed by atoms with Gasteiger partial charge >= 0.3 is 0 Å². The van der Waals surface area contributed by atoms with E-state index in [1.165, 1.54) is 0 Å². The highest BCUT2D eigenvalue weighted by atomic mass is 16.5. The van der Waals surface area contributed by atoms with E-state index in [2.05, 4.69) is 5.10 Å². The predicted molar refractivity (Wildman–Crippen MR) is 71.7 cm³/mol. The zero-order valence-corrected chi connectivity index (χ0v) is 11.0. The summed E-state index contributed by atoms with van der Waals surface area (Å²) in [7, 11) is 1.66. The summed E-state index contributed by atoms with van der Waals surface area (Å²) in [6.45, 7) is 3.97. The van der Waals surface area contributed by atoms with Crippen LogP contribution in [0.25, 0.3) is 0 Å². The molecule has 4 heteroatoms. The zero-order chi connectivity index (χ0) is 13.1. The van der Waals surface area contributed by atoms with E-state index in [1.807, 2.05) is 55.1 Å². The lowest BCUT2D eigenvalue weighted by molar-refractivity contribution is 0.413. The van der Waals surface area contributed by atoms with E-state index >= 15 is 0 Å². The molecule has 2 N–H and O–H groups in total. The van der Waals surface area contributed by atoms with E-state index in [0.29, 0.717) is 0 Å². The zero-order valence-electron chi connectivity index (χ0n) is 11.0. The summed E-state index contributed by atoms with van der Waals surface area (Å²) in [5, 5.41) is 4.46. The van der Waals surface area contributed by atoms with Gasteiger partial charge in [-0.25, -0.2) is 0 Å². The van der Waals surface area contributed by atoms with Crippen molar-refractivity contribution in [1.82, 2.24) is 9.78 Å². The average molecular weight is 245 g/mol. The summed E-state index contributed by atoms with van der Waals surface area (Å²) < 4.78 is 7.08. The summed E-state index contributed by atoms with van der Waals surface area (Å²) in [5.74, 6) is 0.846. The first-order valence-corrected chi connectivity index (χ1v) is 6.03.